The number of rotatable bonds is 5. The highest BCUT2D eigenvalue weighted by molar-refractivity contribution is 5.42. The number of hydrogen-bond donors (Lipinski definition) is 1. The lowest BCUT2D eigenvalue weighted by Crippen LogP contribution is -1.97. The molecule has 2 aromatic rings. The predicted octanol–water partition coefficient (Wildman–Crippen LogP) is 3.33. The van der Waals surface area contributed by atoms with Crippen molar-refractivity contribution in [3.8, 4) is 17.4 Å². The Morgan fingerprint density at radius 1 is 1.21 bits per heavy atom. The number of nitrogens with zero attached hydrogens (tertiary/aromatic N) is 1. The lowest BCUT2D eigenvalue weighted by Gasteiger charge is -2.11. The number of pyridine rings is 1. The fraction of sp³-hybridized carbons (Fsp3) is 0.267. The molecular formula is C15H17NO3. The first-order valence-corrected chi connectivity index (χ1v) is 6.24. The number of aliphatic hydroxyl groups excluding tert-OH is 1. The number of hydrogen-bond acceptors (Lipinski definition) is 4. The van der Waals surface area contributed by atoms with Crippen LogP contribution in [-0.2, 0) is 0 Å². The zero-order valence-electron chi connectivity index (χ0n) is 11.0. The molecule has 1 atom stereocenters. The molecule has 0 spiro atoms. The summed E-state index contributed by atoms with van der Waals surface area (Å²) in [7, 11) is 0. The summed E-state index contributed by atoms with van der Waals surface area (Å²) in [6.45, 7) is 4.19. The summed E-state index contributed by atoms with van der Waals surface area (Å²) in [6, 6.07) is 10.9. The first-order valence-electron chi connectivity index (χ1n) is 6.24. The number of para-hydroxylation sites is 2. The number of ether oxygens (including phenoxy) is 2. The molecule has 2 rings (SSSR count). The Kier molecular flexibility index (Phi) is 4.36. The predicted molar refractivity (Wildman–Crippen MR) is 72.6 cm³/mol. The quantitative estimate of drug-likeness (QED) is 0.894. The van der Waals surface area contributed by atoms with Crippen molar-refractivity contribution < 1.29 is 14.6 Å². The van der Waals surface area contributed by atoms with Crippen LogP contribution in [0.4, 0.5) is 0 Å². The zero-order chi connectivity index (χ0) is 13.7. The van der Waals surface area contributed by atoms with Gasteiger partial charge in [0, 0.05) is 12.3 Å². The molecular weight excluding hydrogens is 242 g/mol. The highest BCUT2D eigenvalue weighted by Gasteiger charge is 2.08. The molecule has 0 aliphatic rings. The van der Waals surface area contributed by atoms with Crippen LogP contribution < -0.4 is 9.47 Å². The van der Waals surface area contributed by atoms with Crippen molar-refractivity contribution in [3.05, 3.63) is 48.2 Å². The van der Waals surface area contributed by atoms with E-state index in [-0.39, 0.29) is 0 Å². The van der Waals surface area contributed by atoms with E-state index in [9.17, 15) is 5.11 Å². The molecule has 0 amide bonds. The fourth-order valence-corrected chi connectivity index (χ4v) is 1.66. The molecule has 4 heteroatoms. The maximum Gasteiger partial charge on any atom is 0.219 e. The van der Waals surface area contributed by atoms with Crippen LogP contribution in [0, 0.1) is 0 Å². The number of benzene rings is 1. The maximum atomic E-state index is 9.55. The van der Waals surface area contributed by atoms with E-state index in [0.29, 0.717) is 24.0 Å². The van der Waals surface area contributed by atoms with E-state index in [1.54, 1.807) is 25.3 Å². The third kappa shape index (κ3) is 3.45. The van der Waals surface area contributed by atoms with Crippen molar-refractivity contribution >= 4 is 0 Å². The van der Waals surface area contributed by atoms with Gasteiger partial charge in [-0.15, -0.1) is 0 Å². The van der Waals surface area contributed by atoms with Gasteiger partial charge in [0.2, 0.25) is 5.88 Å². The van der Waals surface area contributed by atoms with E-state index in [2.05, 4.69) is 4.98 Å². The monoisotopic (exact) mass is 259 g/mol. The summed E-state index contributed by atoms with van der Waals surface area (Å²) in [6.07, 6.45) is 1.06. The van der Waals surface area contributed by atoms with Gasteiger partial charge in [0.25, 0.3) is 0 Å². The molecule has 1 N–H and O–H groups in total. The fourth-order valence-electron chi connectivity index (χ4n) is 1.66. The maximum absolute atomic E-state index is 9.55. The largest absolute Gasteiger partial charge is 0.490 e. The van der Waals surface area contributed by atoms with Gasteiger partial charge in [0.1, 0.15) is 0 Å². The molecule has 100 valence electrons. The summed E-state index contributed by atoms with van der Waals surface area (Å²) in [4.78, 5) is 4.13. The minimum absolute atomic E-state index is 0.436. The van der Waals surface area contributed by atoms with Gasteiger partial charge < -0.3 is 14.6 Å². The highest BCUT2D eigenvalue weighted by atomic mass is 16.5. The normalized spacial score (nSPS) is 11.9. The third-order valence-corrected chi connectivity index (χ3v) is 2.60. The Morgan fingerprint density at radius 3 is 2.63 bits per heavy atom. The second-order valence-electron chi connectivity index (χ2n) is 4.09. The van der Waals surface area contributed by atoms with Crippen molar-refractivity contribution in [2.45, 2.75) is 20.0 Å². The summed E-state index contributed by atoms with van der Waals surface area (Å²) in [5.74, 6) is 1.72. The topological polar surface area (TPSA) is 51.6 Å². The van der Waals surface area contributed by atoms with Crippen molar-refractivity contribution in [2.75, 3.05) is 6.61 Å². The second kappa shape index (κ2) is 6.20. The molecule has 0 fully saturated rings. The SMILES string of the molecule is CCOc1ccccc1Oc1cc(C(C)O)ccn1. The molecule has 1 aromatic heterocycles. The molecule has 0 saturated carbocycles. The van der Waals surface area contributed by atoms with E-state index >= 15 is 0 Å². The molecule has 19 heavy (non-hydrogen) atoms. The second-order valence-corrected chi connectivity index (χ2v) is 4.09. The molecule has 4 nitrogen and oxygen atoms in total. The Labute approximate surface area is 112 Å². The van der Waals surface area contributed by atoms with Gasteiger partial charge >= 0.3 is 0 Å². The molecule has 0 bridgehead atoms. The van der Waals surface area contributed by atoms with Crippen LogP contribution >= 0.6 is 0 Å². The third-order valence-electron chi connectivity index (χ3n) is 2.60. The van der Waals surface area contributed by atoms with E-state index < -0.39 is 6.10 Å². The number of aliphatic hydroxyl groups is 1. The molecule has 0 aliphatic heterocycles. The molecule has 0 aliphatic carbocycles. The summed E-state index contributed by atoms with van der Waals surface area (Å²) in [5.41, 5.74) is 0.763. The van der Waals surface area contributed by atoms with Gasteiger partial charge in [0.15, 0.2) is 11.5 Å². The molecule has 1 unspecified atom stereocenters. The van der Waals surface area contributed by atoms with Crippen LogP contribution in [0.5, 0.6) is 17.4 Å². The minimum Gasteiger partial charge on any atom is -0.490 e. The Morgan fingerprint density at radius 2 is 1.95 bits per heavy atom. The van der Waals surface area contributed by atoms with Crippen LogP contribution in [0.15, 0.2) is 42.6 Å². The Balaban J connectivity index is 2.23. The van der Waals surface area contributed by atoms with Crippen molar-refractivity contribution in [2.24, 2.45) is 0 Å². The zero-order valence-corrected chi connectivity index (χ0v) is 11.0. The van der Waals surface area contributed by atoms with E-state index in [0.717, 1.165) is 5.56 Å². The Hall–Kier alpha value is -2.07. The van der Waals surface area contributed by atoms with Crippen LogP contribution in [0.1, 0.15) is 25.5 Å². The molecule has 1 heterocycles. The summed E-state index contributed by atoms with van der Waals surface area (Å²) >= 11 is 0. The van der Waals surface area contributed by atoms with Crippen molar-refractivity contribution in [1.29, 1.82) is 0 Å². The lowest BCUT2D eigenvalue weighted by atomic mass is 10.2. The van der Waals surface area contributed by atoms with Gasteiger partial charge in [-0.2, -0.15) is 0 Å². The van der Waals surface area contributed by atoms with Crippen LogP contribution in [0.2, 0.25) is 0 Å². The first kappa shape index (κ1) is 13.4. The van der Waals surface area contributed by atoms with Crippen LogP contribution in [0.3, 0.4) is 0 Å². The minimum atomic E-state index is -0.549. The molecule has 0 radical (unpaired) electrons. The Bertz CT molecular complexity index is 540. The van der Waals surface area contributed by atoms with Gasteiger partial charge in [-0.25, -0.2) is 4.98 Å². The standard InChI is InChI=1S/C15H17NO3/c1-3-18-13-6-4-5-7-14(13)19-15-10-12(11(2)17)8-9-16-15/h4-11,17H,3H2,1-2H3. The van der Waals surface area contributed by atoms with E-state index in [1.165, 1.54) is 0 Å². The highest BCUT2D eigenvalue weighted by Crippen LogP contribution is 2.31. The van der Waals surface area contributed by atoms with E-state index in [1.807, 2.05) is 31.2 Å². The number of aromatic nitrogens is 1. The van der Waals surface area contributed by atoms with Crippen molar-refractivity contribution in [3.63, 3.8) is 0 Å². The van der Waals surface area contributed by atoms with Gasteiger partial charge in [-0.1, -0.05) is 12.1 Å². The summed E-state index contributed by atoms with van der Waals surface area (Å²) in [5, 5.41) is 9.55. The summed E-state index contributed by atoms with van der Waals surface area (Å²) < 4.78 is 11.2. The van der Waals surface area contributed by atoms with Gasteiger partial charge in [0.05, 0.1) is 12.7 Å². The van der Waals surface area contributed by atoms with Gasteiger partial charge in [-0.3, -0.25) is 0 Å². The first-order chi connectivity index (χ1) is 9.20. The van der Waals surface area contributed by atoms with Crippen LogP contribution in [-0.4, -0.2) is 16.7 Å². The smallest absolute Gasteiger partial charge is 0.219 e. The van der Waals surface area contributed by atoms with Crippen molar-refractivity contribution in [1.82, 2.24) is 4.98 Å². The average Bonchev–Trinajstić information content (AvgIpc) is 2.41. The van der Waals surface area contributed by atoms with Crippen LogP contribution in [0.25, 0.3) is 0 Å². The van der Waals surface area contributed by atoms with Gasteiger partial charge in [-0.05, 0) is 37.6 Å². The molecule has 1 aromatic carbocycles. The van der Waals surface area contributed by atoms with E-state index in [4.69, 9.17) is 9.47 Å². The molecule has 0 saturated heterocycles. The lowest BCUT2D eigenvalue weighted by molar-refractivity contribution is 0.198. The average molecular weight is 259 g/mol.